The molecule has 0 atom stereocenters. The van der Waals surface area contributed by atoms with E-state index in [2.05, 4.69) is 4.98 Å². The molecule has 0 saturated carbocycles. The quantitative estimate of drug-likeness (QED) is 0.783. The number of thiophene rings is 1. The Balaban J connectivity index is 2.16. The van der Waals surface area contributed by atoms with E-state index in [1.807, 2.05) is 17.5 Å². The minimum atomic E-state index is 0.540. The first-order valence-corrected chi connectivity index (χ1v) is 6.51. The van der Waals surface area contributed by atoms with Gasteiger partial charge >= 0.3 is 0 Å². The summed E-state index contributed by atoms with van der Waals surface area (Å²) in [5, 5.41) is 3.00. The van der Waals surface area contributed by atoms with Crippen LogP contribution in [0.15, 0.2) is 17.5 Å². The number of halogens is 1. The number of thiazole rings is 1. The van der Waals surface area contributed by atoms with E-state index in [1.165, 1.54) is 11.3 Å². The zero-order valence-electron chi connectivity index (χ0n) is 7.77. The Morgan fingerprint density at radius 2 is 2.33 bits per heavy atom. The molecule has 2 nitrogen and oxygen atoms in total. The number of nitrogens with zero attached hydrogens (tertiary/aromatic N) is 1. The van der Waals surface area contributed by atoms with Crippen molar-refractivity contribution < 1.29 is 4.79 Å². The molecule has 0 fully saturated rings. The minimum absolute atomic E-state index is 0.540. The molecule has 2 heterocycles. The van der Waals surface area contributed by atoms with Crippen molar-refractivity contribution in [2.45, 2.75) is 12.8 Å². The topological polar surface area (TPSA) is 30.0 Å². The van der Waals surface area contributed by atoms with Crippen LogP contribution >= 0.6 is 34.3 Å². The molecule has 0 radical (unpaired) electrons. The maximum atomic E-state index is 10.2. The van der Waals surface area contributed by atoms with E-state index in [4.69, 9.17) is 11.6 Å². The van der Waals surface area contributed by atoms with Gasteiger partial charge in [-0.25, -0.2) is 4.98 Å². The third kappa shape index (κ3) is 2.65. The fourth-order valence-corrected chi connectivity index (χ4v) is 3.07. The second-order valence-electron chi connectivity index (χ2n) is 2.94. The van der Waals surface area contributed by atoms with Crippen molar-refractivity contribution in [2.75, 3.05) is 0 Å². The predicted octanol–water partition coefficient (Wildman–Crippen LogP) is 3.66. The standard InChI is InChI=1S/C10H8ClNOS2/c11-9-4-3-8(15-9)7-6-14-10(12-7)2-1-5-13/h3-6H,1-2H2. The van der Waals surface area contributed by atoms with Gasteiger partial charge in [0, 0.05) is 18.2 Å². The molecule has 0 unspecified atom stereocenters. The number of carbonyl (C=O) groups is 1. The van der Waals surface area contributed by atoms with Crippen molar-refractivity contribution >= 4 is 40.6 Å². The van der Waals surface area contributed by atoms with Gasteiger partial charge in [-0.3, -0.25) is 0 Å². The molecule has 0 spiro atoms. The number of aldehydes is 1. The van der Waals surface area contributed by atoms with Crippen molar-refractivity contribution in [1.82, 2.24) is 4.98 Å². The Kier molecular flexibility index (Phi) is 3.51. The van der Waals surface area contributed by atoms with Crippen LogP contribution < -0.4 is 0 Å². The van der Waals surface area contributed by atoms with Gasteiger partial charge < -0.3 is 4.79 Å². The van der Waals surface area contributed by atoms with E-state index in [9.17, 15) is 4.79 Å². The zero-order chi connectivity index (χ0) is 10.7. The fraction of sp³-hybridized carbons (Fsp3) is 0.200. The van der Waals surface area contributed by atoms with Crippen molar-refractivity contribution in [1.29, 1.82) is 0 Å². The van der Waals surface area contributed by atoms with Crippen molar-refractivity contribution in [3.8, 4) is 10.6 Å². The van der Waals surface area contributed by atoms with Crippen LogP contribution in [0, 0.1) is 0 Å². The van der Waals surface area contributed by atoms with Crippen molar-refractivity contribution in [3.63, 3.8) is 0 Å². The summed E-state index contributed by atoms with van der Waals surface area (Å²) in [5.74, 6) is 0. The number of aryl methyl sites for hydroxylation is 1. The Hall–Kier alpha value is -0.710. The SMILES string of the molecule is O=CCCc1nc(-c2ccc(Cl)s2)cs1. The normalized spacial score (nSPS) is 10.5. The summed E-state index contributed by atoms with van der Waals surface area (Å²) in [6, 6.07) is 3.83. The first kappa shape index (κ1) is 10.8. The molecule has 0 aliphatic rings. The van der Waals surface area contributed by atoms with Crippen LogP contribution in [0.2, 0.25) is 4.34 Å². The highest BCUT2D eigenvalue weighted by molar-refractivity contribution is 7.19. The molecular formula is C10H8ClNOS2. The van der Waals surface area contributed by atoms with Crippen LogP contribution in [0.3, 0.4) is 0 Å². The Bertz CT molecular complexity index is 463. The number of rotatable bonds is 4. The average Bonchev–Trinajstić information content (AvgIpc) is 2.83. The predicted molar refractivity (Wildman–Crippen MR) is 64.8 cm³/mol. The molecule has 5 heteroatoms. The van der Waals surface area contributed by atoms with E-state index in [0.717, 1.165) is 32.6 Å². The Morgan fingerprint density at radius 1 is 1.47 bits per heavy atom. The lowest BCUT2D eigenvalue weighted by Crippen LogP contribution is -1.84. The highest BCUT2D eigenvalue weighted by Crippen LogP contribution is 2.31. The summed E-state index contributed by atoms with van der Waals surface area (Å²) in [4.78, 5) is 15.7. The lowest BCUT2D eigenvalue weighted by Gasteiger charge is -1.88. The molecule has 0 bridgehead atoms. The van der Waals surface area contributed by atoms with E-state index in [-0.39, 0.29) is 0 Å². The van der Waals surface area contributed by atoms with E-state index in [1.54, 1.807) is 11.3 Å². The van der Waals surface area contributed by atoms with Crippen LogP contribution in [0.5, 0.6) is 0 Å². The molecule has 15 heavy (non-hydrogen) atoms. The third-order valence-corrected chi connectivity index (χ3v) is 4.02. The summed E-state index contributed by atoms with van der Waals surface area (Å²) in [5.41, 5.74) is 0.956. The average molecular weight is 258 g/mol. The van der Waals surface area contributed by atoms with Gasteiger partial charge in [0.05, 0.1) is 19.9 Å². The van der Waals surface area contributed by atoms with Gasteiger partial charge in [-0.1, -0.05) is 11.6 Å². The van der Waals surface area contributed by atoms with Gasteiger partial charge in [0.25, 0.3) is 0 Å². The fourth-order valence-electron chi connectivity index (χ4n) is 1.17. The number of carbonyl (C=O) groups excluding carboxylic acids is 1. The molecule has 0 aromatic carbocycles. The van der Waals surface area contributed by atoms with E-state index in [0.29, 0.717) is 6.42 Å². The summed E-state index contributed by atoms with van der Waals surface area (Å²) in [7, 11) is 0. The lowest BCUT2D eigenvalue weighted by atomic mass is 10.3. The number of hydrogen-bond donors (Lipinski definition) is 0. The van der Waals surface area contributed by atoms with Crippen LogP contribution in [0.4, 0.5) is 0 Å². The molecule has 2 rings (SSSR count). The van der Waals surface area contributed by atoms with E-state index >= 15 is 0 Å². The zero-order valence-corrected chi connectivity index (χ0v) is 10.2. The molecule has 0 aliphatic carbocycles. The van der Waals surface area contributed by atoms with Gasteiger partial charge in [-0.2, -0.15) is 0 Å². The third-order valence-electron chi connectivity index (χ3n) is 1.85. The van der Waals surface area contributed by atoms with Gasteiger partial charge in [-0.05, 0) is 12.1 Å². The largest absolute Gasteiger partial charge is 0.303 e. The summed E-state index contributed by atoms with van der Waals surface area (Å²) >= 11 is 8.95. The van der Waals surface area contributed by atoms with Crippen molar-refractivity contribution in [3.05, 3.63) is 26.9 Å². The van der Waals surface area contributed by atoms with Crippen molar-refractivity contribution in [2.24, 2.45) is 0 Å². The second-order valence-corrected chi connectivity index (χ2v) is 5.59. The minimum Gasteiger partial charge on any atom is -0.303 e. The van der Waals surface area contributed by atoms with E-state index < -0.39 is 0 Å². The highest BCUT2D eigenvalue weighted by Gasteiger charge is 2.06. The second kappa shape index (κ2) is 4.88. The molecule has 78 valence electrons. The van der Waals surface area contributed by atoms with Crippen LogP contribution in [0.1, 0.15) is 11.4 Å². The van der Waals surface area contributed by atoms with Crippen LogP contribution in [0.25, 0.3) is 10.6 Å². The summed E-state index contributed by atoms with van der Waals surface area (Å²) in [6.07, 6.45) is 2.19. The van der Waals surface area contributed by atoms with Gasteiger partial charge in [0.15, 0.2) is 0 Å². The molecule has 0 amide bonds. The Morgan fingerprint density at radius 3 is 3.00 bits per heavy atom. The van der Waals surface area contributed by atoms with Crippen LogP contribution in [-0.2, 0) is 11.2 Å². The van der Waals surface area contributed by atoms with Gasteiger partial charge in [-0.15, -0.1) is 22.7 Å². The maximum absolute atomic E-state index is 10.2. The summed E-state index contributed by atoms with van der Waals surface area (Å²) in [6.45, 7) is 0. The number of hydrogen-bond acceptors (Lipinski definition) is 4. The highest BCUT2D eigenvalue weighted by atomic mass is 35.5. The first-order chi connectivity index (χ1) is 7.29. The molecule has 0 aliphatic heterocycles. The summed E-state index contributed by atoms with van der Waals surface area (Å²) < 4.78 is 0.771. The molecule has 2 aromatic rings. The monoisotopic (exact) mass is 257 g/mol. The van der Waals surface area contributed by atoms with Gasteiger partial charge in [0.2, 0.25) is 0 Å². The molecular weight excluding hydrogens is 250 g/mol. The van der Waals surface area contributed by atoms with Gasteiger partial charge in [0.1, 0.15) is 6.29 Å². The van der Waals surface area contributed by atoms with Crippen LogP contribution in [-0.4, -0.2) is 11.3 Å². The molecule has 2 aromatic heterocycles. The molecule has 0 N–H and O–H groups in total. The smallest absolute Gasteiger partial charge is 0.120 e. The molecule has 0 saturated heterocycles. The Labute approximate surface area is 101 Å². The maximum Gasteiger partial charge on any atom is 0.120 e. The number of aromatic nitrogens is 1. The first-order valence-electron chi connectivity index (χ1n) is 4.43. The lowest BCUT2D eigenvalue weighted by molar-refractivity contribution is -0.107.